The van der Waals surface area contributed by atoms with E-state index in [0.29, 0.717) is 11.3 Å². The third-order valence-corrected chi connectivity index (χ3v) is 6.85. The molecule has 0 aromatic rings. The van der Waals surface area contributed by atoms with E-state index in [-0.39, 0.29) is 11.0 Å². The van der Waals surface area contributed by atoms with Crippen LogP contribution in [0, 0.1) is 28.6 Å². The summed E-state index contributed by atoms with van der Waals surface area (Å²) in [5.74, 6) is 2.21. The van der Waals surface area contributed by atoms with Crippen molar-refractivity contribution in [1.29, 1.82) is 0 Å². The van der Waals surface area contributed by atoms with Gasteiger partial charge in [0, 0.05) is 0 Å². The van der Waals surface area contributed by atoms with Crippen molar-refractivity contribution in [3.8, 4) is 0 Å². The first kappa shape index (κ1) is 11.1. The van der Waals surface area contributed by atoms with Crippen molar-refractivity contribution >= 4 is 0 Å². The quantitative estimate of drug-likeness (QED) is 0.664. The second-order valence-electron chi connectivity index (χ2n) is 7.78. The third-order valence-electron chi connectivity index (χ3n) is 6.85. The molecule has 0 aromatic carbocycles. The maximum absolute atomic E-state index is 11.2. The van der Waals surface area contributed by atoms with E-state index in [0.717, 1.165) is 18.3 Å². The van der Waals surface area contributed by atoms with E-state index in [1.807, 2.05) is 0 Å². The van der Waals surface area contributed by atoms with Gasteiger partial charge < -0.3 is 5.11 Å². The Kier molecular flexibility index (Phi) is 1.98. The second kappa shape index (κ2) is 2.85. The smallest absolute Gasteiger partial charge is 0.0734 e. The third kappa shape index (κ3) is 1.06. The van der Waals surface area contributed by atoms with Crippen molar-refractivity contribution in [2.24, 2.45) is 28.6 Å². The lowest BCUT2D eigenvalue weighted by Crippen LogP contribution is -2.67. The molecule has 4 bridgehead atoms. The number of hydrogen-bond donors (Lipinski definition) is 1. The summed E-state index contributed by atoms with van der Waals surface area (Å²) in [6.45, 7) is 9.44. The lowest BCUT2D eigenvalue weighted by molar-refractivity contribution is -0.257. The van der Waals surface area contributed by atoms with E-state index in [9.17, 15) is 5.11 Å². The van der Waals surface area contributed by atoms with Gasteiger partial charge in [0.2, 0.25) is 0 Å². The minimum absolute atomic E-state index is 0.135. The normalized spacial score (nSPS) is 58.7. The molecule has 0 aromatic heterocycles. The lowest BCUT2D eigenvalue weighted by Gasteiger charge is -2.68. The molecule has 92 valence electrons. The molecule has 0 heterocycles. The summed E-state index contributed by atoms with van der Waals surface area (Å²) in [6.07, 6.45) is 6.22. The maximum Gasteiger partial charge on any atom is 0.0734 e. The molecule has 0 unspecified atom stereocenters. The Balaban J connectivity index is 2.07. The Morgan fingerprint density at radius 2 is 1.75 bits per heavy atom. The summed E-state index contributed by atoms with van der Waals surface area (Å²) >= 11 is 0. The zero-order valence-corrected chi connectivity index (χ0v) is 11.2. The summed E-state index contributed by atoms with van der Waals surface area (Å²) < 4.78 is 0. The molecular weight excluding hydrogens is 196 g/mol. The topological polar surface area (TPSA) is 20.2 Å². The first-order valence-corrected chi connectivity index (χ1v) is 7.03. The fourth-order valence-electron chi connectivity index (χ4n) is 5.32. The van der Waals surface area contributed by atoms with Crippen LogP contribution in [0.25, 0.3) is 0 Å². The highest BCUT2D eigenvalue weighted by Crippen LogP contribution is 2.68. The second-order valence-corrected chi connectivity index (χ2v) is 7.78. The molecule has 4 rings (SSSR count). The molecule has 4 saturated carbocycles. The molecule has 4 aliphatic carbocycles. The Morgan fingerprint density at radius 1 is 1.06 bits per heavy atom. The fraction of sp³-hybridized carbons (Fsp3) is 1.00. The van der Waals surface area contributed by atoms with Gasteiger partial charge in [0.05, 0.1) is 5.60 Å². The van der Waals surface area contributed by atoms with Crippen molar-refractivity contribution in [1.82, 2.24) is 0 Å². The largest absolute Gasteiger partial charge is 0.389 e. The van der Waals surface area contributed by atoms with Crippen molar-refractivity contribution < 1.29 is 5.11 Å². The average molecular weight is 222 g/mol. The van der Waals surface area contributed by atoms with E-state index in [1.54, 1.807) is 0 Å². The minimum atomic E-state index is -0.366. The number of hydrogen-bond acceptors (Lipinski definition) is 1. The van der Waals surface area contributed by atoms with Crippen LogP contribution in [0.3, 0.4) is 0 Å². The SMILES string of the molecule is C[C@@H]1[C@H]2CCC(C)(C)[C@@]3(O)C[C@]1(C)CC[C@@H]23. The Bertz CT molecular complexity index is 321. The lowest BCUT2D eigenvalue weighted by atomic mass is 9.39. The van der Waals surface area contributed by atoms with Crippen LogP contribution in [0.5, 0.6) is 0 Å². The molecule has 0 saturated heterocycles. The number of aliphatic hydroxyl groups is 1. The van der Waals surface area contributed by atoms with Crippen molar-refractivity contribution in [3.05, 3.63) is 0 Å². The molecule has 0 radical (unpaired) electrons. The molecule has 16 heavy (non-hydrogen) atoms. The summed E-state index contributed by atoms with van der Waals surface area (Å²) in [5, 5.41) is 11.2. The van der Waals surface area contributed by atoms with Crippen molar-refractivity contribution in [2.75, 3.05) is 0 Å². The highest BCUT2D eigenvalue weighted by molar-refractivity contribution is 5.15. The predicted molar refractivity (Wildman–Crippen MR) is 66.1 cm³/mol. The van der Waals surface area contributed by atoms with Gasteiger partial charge in [-0.25, -0.2) is 0 Å². The Morgan fingerprint density at radius 3 is 2.44 bits per heavy atom. The molecule has 0 amide bonds. The van der Waals surface area contributed by atoms with Gasteiger partial charge in [-0.05, 0) is 60.7 Å². The molecule has 0 aliphatic heterocycles. The summed E-state index contributed by atoms with van der Waals surface area (Å²) in [6, 6.07) is 0. The summed E-state index contributed by atoms with van der Waals surface area (Å²) in [5.41, 5.74) is 0.178. The van der Waals surface area contributed by atoms with Crippen LogP contribution < -0.4 is 0 Å². The Hall–Kier alpha value is -0.0400. The number of fused-ring (bicyclic) bond motifs is 1. The highest BCUT2D eigenvalue weighted by Gasteiger charge is 2.65. The van der Waals surface area contributed by atoms with E-state index < -0.39 is 0 Å². The van der Waals surface area contributed by atoms with Crippen LogP contribution in [0.15, 0.2) is 0 Å². The first-order valence-electron chi connectivity index (χ1n) is 7.03. The first-order chi connectivity index (χ1) is 7.30. The van der Waals surface area contributed by atoms with Crippen molar-refractivity contribution in [3.63, 3.8) is 0 Å². The van der Waals surface area contributed by atoms with Gasteiger partial charge in [0.15, 0.2) is 0 Å². The highest BCUT2D eigenvalue weighted by atomic mass is 16.3. The van der Waals surface area contributed by atoms with Crippen LogP contribution >= 0.6 is 0 Å². The molecule has 1 nitrogen and oxygen atoms in total. The van der Waals surface area contributed by atoms with Crippen LogP contribution in [0.4, 0.5) is 0 Å². The van der Waals surface area contributed by atoms with Crippen LogP contribution in [0.2, 0.25) is 0 Å². The molecule has 1 N–H and O–H groups in total. The predicted octanol–water partition coefficient (Wildman–Crippen LogP) is 3.61. The standard InChI is InChI=1S/C15H26O/c1-10-11-5-7-13(2,3)15(16)9-14(10,4)8-6-12(11)15/h10-12,16H,5-9H2,1-4H3/t10-,11-,12+,14+,15-/m1/s1. The van der Waals surface area contributed by atoms with Crippen LogP contribution in [-0.2, 0) is 0 Å². The van der Waals surface area contributed by atoms with Gasteiger partial charge in [0.25, 0.3) is 0 Å². The van der Waals surface area contributed by atoms with Gasteiger partial charge in [0.1, 0.15) is 0 Å². The minimum Gasteiger partial charge on any atom is -0.389 e. The monoisotopic (exact) mass is 222 g/mol. The summed E-state index contributed by atoms with van der Waals surface area (Å²) in [7, 11) is 0. The summed E-state index contributed by atoms with van der Waals surface area (Å²) in [4.78, 5) is 0. The molecule has 0 spiro atoms. The van der Waals surface area contributed by atoms with Crippen LogP contribution in [0.1, 0.15) is 59.8 Å². The van der Waals surface area contributed by atoms with E-state index in [2.05, 4.69) is 27.7 Å². The van der Waals surface area contributed by atoms with Gasteiger partial charge in [-0.3, -0.25) is 0 Å². The van der Waals surface area contributed by atoms with Gasteiger partial charge in [-0.15, -0.1) is 0 Å². The maximum atomic E-state index is 11.2. The average Bonchev–Trinajstić information content (AvgIpc) is 2.17. The van der Waals surface area contributed by atoms with Crippen LogP contribution in [-0.4, -0.2) is 10.7 Å². The molecule has 4 aliphatic rings. The van der Waals surface area contributed by atoms with Crippen molar-refractivity contribution in [2.45, 2.75) is 65.4 Å². The van der Waals surface area contributed by atoms with Gasteiger partial charge in [-0.1, -0.05) is 27.7 Å². The van der Waals surface area contributed by atoms with Gasteiger partial charge >= 0.3 is 0 Å². The molecule has 1 heteroatoms. The Labute approximate surface area is 99.6 Å². The zero-order valence-electron chi connectivity index (χ0n) is 11.2. The molecule has 4 fully saturated rings. The fourth-order valence-corrected chi connectivity index (χ4v) is 5.32. The number of rotatable bonds is 0. The molecule has 5 atom stereocenters. The molecular formula is C15H26O. The van der Waals surface area contributed by atoms with E-state index in [4.69, 9.17) is 0 Å². The zero-order chi connectivity index (χ0) is 11.8. The van der Waals surface area contributed by atoms with E-state index >= 15 is 0 Å². The van der Waals surface area contributed by atoms with Gasteiger partial charge in [-0.2, -0.15) is 0 Å². The van der Waals surface area contributed by atoms with E-state index in [1.165, 1.54) is 25.7 Å².